The van der Waals surface area contributed by atoms with E-state index in [0.29, 0.717) is 6.07 Å². The topological polar surface area (TPSA) is 159 Å². The molecule has 0 fully saturated rings. The van der Waals surface area contributed by atoms with Crippen LogP contribution in [-0.4, -0.2) is 53.1 Å². The number of benzene rings is 2. The van der Waals surface area contributed by atoms with E-state index >= 15 is 8.78 Å². The molecule has 1 aliphatic rings. The maximum absolute atomic E-state index is 15.1. The molecule has 3 heterocycles. The number of amides is 2. The van der Waals surface area contributed by atoms with Gasteiger partial charge in [0.05, 0.1) is 35.6 Å². The van der Waals surface area contributed by atoms with Crippen molar-refractivity contribution in [3.05, 3.63) is 106 Å². The summed E-state index contributed by atoms with van der Waals surface area (Å²) in [4.78, 5) is 34.4. The second-order valence-electron chi connectivity index (χ2n) is 12.2. The summed E-state index contributed by atoms with van der Waals surface area (Å²) in [6, 6.07) is 4.13. The summed E-state index contributed by atoms with van der Waals surface area (Å²) in [6.45, 7) is -0.853. The van der Waals surface area contributed by atoms with Crippen molar-refractivity contribution in [1.29, 1.82) is 0 Å². The lowest BCUT2D eigenvalue weighted by Gasteiger charge is -2.29. The lowest BCUT2D eigenvalue weighted by Crippen LogP contribution is -2.37. The Morgan fingerprint density at radius 1 is 0.963 bits per heavy atom. The molecule has 0 saturated carbocycles. The summed E-state index contributed by atoms with van der Waals surface area (Å²) in [5, 5.41) is 16.2. The van der Waals surface area contributed by atoms with Crippen molar-refractivity contribution >= 4 is 17.8 Å². The first-order valence-corrected chi connectivity index (χ1v) is 16.0. The highest BCUT2D eigenvalue weighted by atomic mass is 19.3. The number of hydrogen-bond acceptors (Lipinski definition) is 8. The third-order valence-electron chi connectivity index (χ3n) is 8.43. The number of hydrogen-bond donors (Lipinski definition) is 3. The van der Waals surface area contributed by atoms with E-state index in [1.807, 2.05) is 0 Å². The fourth-order valence-electron chi connectivity index (χ4n) is 6.08. The number of carbonyl (C=O) groups excluding carboxylic acids is 2. The van der Waals surface area contributed by atoms with Gasteiger partial charge >= 0.3 is 0 Å². The number of halogens is 9. The van der Waals surface area contributed by atoms with E-state index in [-0.39, 0.29) is 46.1 Å². The van der Waals surface area contributed by atoms with E-state index in [1.165, 1.54) is 23.1 Å². The maximum Gasteiger partial charge on any atom is 0.290 e. The second kappa shape index (κ2) is 14.8. The minimum atomic E-state index is -4.10. The standard InChI is InChI=1S/C33H27F9N10O2/c34-18-9-16(10-19(35)13-18)11-23(47-24(53)15-52-28-25(27(49-52)29(37)38)32(39,40)3-4-33(28,41)42)26-21(17-1-2-22(36)20(12-17)30(43)54)14-45-31(48-26)44-5-7-51-8-6-46-50-51/h1-2,6,8-10,12-14,23,29H,3-5,7,11,15H2,(H2,43,54)(H,47,53)(H,44,45,48). The summed E-state index contributed by atoms with van der Waals surface area (Å²) in [5.74, 6) is -13.6. The number of fused-ring (bicyclic) bond motifs is 1. The molecule has 3 aromatic heterocycles. The number of anilines is 1. The Morgan fingerprint density at radius 3 is 2.35 bits per heavy atom. The minimum Gasteiger partial charge on any atom is -0.366 e. The molecule has 5 aromatic rings. The fraction of sp³-hybridized carbons (Fsp3) is 0.303. The zero-order valence-corrected chi connectivity index (χ0v) is 27.5. The molecule has 0 bridgehead atoms. The molecule has 2 aromatic carbocycles. The highest BCUT2D eigenvalue weighted by Gasteiger charge is 2.55. The number of nitrogens with zero attached hydrogens (tertiary/aromatic N) is 7. The first-order chi connectivity index (χ1) is 25.5. The lowest BCUT2D eigenvalue weighted by atomic mass is 9.89. The van der Waals surface area contributed by atoms with Crippen molar-refractivity contribution in [2.75, 3.05) is 11.9 Å². The number of aromatic nitrogens is 7. The van der Waals surface area contributed by atoms with Gasteiger partial charge in [0.25, 0.3) is 24.2 Å². The highest BCUT2D eigenvalue weighted by molar-refractivity contribution is 5.94. The van der Waals surface area contributed by atoms with Crippen LogP contribution in [0.1, 0.15) is 63.9 Å². The zero-order chi connectivity index (χ0) is 38.9. The first-order valence-electron chi connectivity index (χ1n) is 16.0. The Hall–Kier alpha value is -6.02. The number of alkyl halides is 6. The van der Waals surface area contributed by atoms with E-state index in [4.69, 9.17) is 5.73 Å². The molecule has 4 N–H and O–H groups in total. The molecule has 2 amide bonds. The van der Waals surface area contributed by atoms with Crippen molar-refractivity contribution in [1.82, 2.24) is 40.1 Å². The lowest BCUT2D eigenvalue weighted by molar-refractivity contribution is -0.123. The molecule has 1 aliphatic carbocycles. The Bertz CT molecular complexity index is 2170. The van der Waals surface area contributed by atoms with Crippen LogP contribution in [0.25, 0.3) is 11.1 Å². The Balaban J connectivity index is 1.43. The molecule has 0 saturated heterocycles. The molecule has 1 unspecified atom stereocenters. The summed E-state index contributed by atoms with van der Waals surface area (Å²) < 4.78 is 132. The van der Waals surface area contributed by atoms with Gasteiger partial charge in [-0.15, -0.1) is 5.10 Å². The van der Waals surface area contributed by atoms with Gasteiger partial charge in [0.15, 0.2) is 0 Å². The maximum atomic E-state index is 15.1. The van der Waals surface area contributed by atoms with Crippen LogP contribution in [0.2, 0.25) is 0 Å². The molecule has 54 heavy (non-hydrogen) atoms. The SMILES string of the molecule is NC(=O)c1cc(-c2cnc(NCCn3ccnn3)nc2C(Cc2cc(F)cc(F)c2)NC(=O)Cn2nc(C(F)F)c3c2C(F)(F)CCC3(F)F)ccc1F. The van der Waals surface area contributed by atoms with Gasteiger partial charge in [0.1, 0.15) is 35.4 Å². The highest BCUT2D eigenvalue weighted by Crippen LogP contribution is 2.52. The van der Waals surface area contributed by atoms with Crippen LogP contribution in [0, 0.1) is 17.5 Å². The summed E-state index contributed by atoms with van der Waals surface area (Å²) in [6.07, 6.45) is -2.80. The van der Waals surface area contributed by atoms with E-state index in [1.54, 1.807) is 6.20 Å². The number of primary amides is 1. The quantitative estimate of drug-likeness (QED) is 0.131. The fourth-order valence-corrected chi connectivity index (χ4v) is 6.08. The number of carbonyl (C=O) groups is 2. The molecule has 21 heteroatoms. The van der Waals surface area contributed by atoms with Gasteiger partial charge < -0.3 is 16.4 Å². The van der Waals surface area contributed by atoms with Gasteiger partial charge in [-0.25, -0.2) is 40.7 Å². The van der Waals surface area contributed by atoms with Crippen molar-refractivity contribution in [3.63, 3.8) is 0 Å². The van der Waals surface area contributed by atoms with Crippen molar-refractivity contribution in [2.24, 2.45) is 5.73 Å². The predicted molar refractivity (Wildman–Crippen MR) is 170 cm³/mol. The van der Waals surface area contributed by atoms with E-state index in [2.05, 4.69) is 36.0 Å². The molecule has 1 atom stereocenters. The van der Waals surface area contributed by atoms with Crippen LogP contribution < -0.4 is 16.4 Å². The van der Waals surface area contributed by atoms with Crippen molar-refractivity contribution in [3.8, 4) is 11.1 Å². The van der Waals surface area contributed by atoms with Gasteiger partial charge in [0.2, 0.25) is 11.9 Å². The molecule has 0 spiro atoms. The second-order valence-corrected chi connectivity index (χ2v) is 12.2. The number of nitrogens with two attached hydrogens (primary N) is 1. The van der Waals surface area contributed by atoms with Crippen LogP contribution in [-0.2, 0) is 36.1 Å². The van der Waals surface area contributed by atoms with Gasteiger partial charge in [-0.05, 0) is 41.8 Å². The third kappa shape index (κ3) is 7.98. The number of rotatable bonds is 13. The smallest absolute Gasteiger partial charge is 0.290 e. The Labute approximate surface area is 298 Å². The zero-order valence-electron chi connectivity index (χ0n) is 27.5. The van der Waals surface area contributed by atoms with Crippen molar-refractivity contribution < 1.29 is 49.1 Å². The van der Waals surface area contributed by atoms with E-state index < -0.39 is 102 Å². The molecule has 0 radical (unpaired) electrons. The van der Waals surface area contributed by atoms with Crippen LogP contribution in [0.5, 0.6) is 0 Å². The average Bonchev–Trinajstić information content (AvgIpc) is 3.76. The molecule has 0 aliphatic heterocycles. The van der Waals surface area contributed by atoms with Crippen LogP contribution in [0.15, 0.2) is 55.0 Å². The Kier molecular flexibility index (Phi) is 10.3. The molecule has 12 nitrogen and oxygen atoms in total. The van der Waals surface area contributed by atoms with Crippen LogP contribution in [0.4, 0.5) is 45.5 Å². The van der Waals surface area contributed by atoms with Crippen molar-refractivity contribution in [2.45, 2.75) is 56.7 Å². The van der Waals surface area contributed by atoms with Gasteiger partial charge in [-0.3, -0.25) is 19.0 Å². The largest absolute Gasteiger partial charge is 0.366 e. The van der Waals surface area contributed by atoms with Gasteiger partial charge in [0, 0.05) is 43.4 Å². The predicted octanol–water partition coefficient (Wildman–Crippen LogP) is 5.58. The average molecular weight is 767 g/mol. The molecular formula is C33H27F9N10O2. The monoisotopic (exact) mass is 766 g/mol. The molecule has 284 valence electrons. The number of nitrogens with one attached hydrogen (secondary N) is 2. The Morgan fingerprint density at radius 2 is 1.69 bits per heavy atom. The van der Waals surface area contributed by atoms with E-state index in [9.17, 15) is 40.3 Å². The first kappa shape index (κ1) is 37.7. The minimum absolute atomic E-state index is 0.0177. The van der Waals surface area contributed by atoms with Crippen LogP contribution in [0.3, 0.4) is 0 Å². The van der Waals surface area contributed by atoms with Gasteiger partial charge in [-0.1, -0.05) is 11.3 Å². The molecular weight excluding hydrogens is 739 g/mol. The third-order valence-corrected chi connectivity index (χ3v) is 8.43. The van der Waals surface area contributed by atoms with Gasteiger partial charge in [-0.2, -0.15) is 13.9 Å². The van der Waals surface area contributed by atoms with E-state index in [0.717, 1.165) is 24.3 Å². The normalized spacial score (nSPS) is 15.1. The summed E-state index contributed by atoms with van der Waals surface area (Å²) >= 11 is 0. The summed E-state index contributed by atoms with van der Waals surface area (Å²) in [7, 11) is 0. The van der Waals surface area contributed by atoms with Crippen LogP contribution >= 0.6 is 0 Å². The molecule has 6 rings (SSSR count). The summed E-state index contributed by atoms with van der Waals surface area (Å²) in [5.41, 5.74) is -0.164.